The maximum Gasteiger partial charge on any atom is 0.192 e. The second-order valence-corrected chi connectivity index (χ2v) is 2.48. The van der Waals surface area contributed by atoms with Crippen molar-refractivity contribution in [2.24, 2.45) is 0 Å². The first-order valence-corrected chi connectivity index (χ1v) is 3.57. The molecule has 1 heterocycles. The third-order valence-electron chi connectivity index (χ3n) is 1.70. The lowest BCUT2D eigenvalue weighted by atomic mass is 10.2. The first-order valence-electron chi connectivity index (χ1n) is 3.57. The predicted molar refractivity (Wildman–Crippen MR) is 41.1 cm³/mol. The zero-order chi connectivity index (χ0) is 8.10. The van der Waals surface area contributed by atoms with E-state index in [1.807, 2.05) is 7.05 Å². The molecule has 0 radical (unpaired) electrons. The summed E-state index contributed by atoms with van der Waals surface area (Å²) in [5, 5.41) is 0. The van der Waals surface area contributed by atoms with Crippen molar-refractivity contribution < 1.29 is 9.53 Å². The number of likely N-dealkylation sites (N-methyl/N-ethyl adjacent to an activating group) is 1. The van der Waals surface area contributed by atoms with Gasteiger partial charge in [0.05, 0.1) is 19.3 Å². The molecule has 1 atom stereocenters. The molecule has 1 aliphatic rings. The van der Waals surface area contributed by atoms with Gasteiger partial charge >= 0.3 is 0 Å². The SMILES string of the molecule is CN1CCOCC1C#CC=O. The Morgan fingerprint density at radius 1 is 1.73 bits per heavy atom. The van der Waals surface area contributed by atoms with Crippen LogP contribution in [0.1, 0.15) is 0 Å². The smallest absolute Gasteiger partial charge is 0.192 e. The lowest BCUT2D eigenvalue weighted by Crippen LogP contribution is -2.41. The van der Waals surface area contributed by atoms with Crippen LogP contribution in [0.2, 0.25) is 0 Å². The molecule has 1 saturated heterocycles. The molecule has 1 aliphatic heterocycles. The standard InChI is InChI=1S/C8H11NO2/c1-9-4-6-11-7-8(9)3-2-5-10/h5,8H,4,6-7H2,1H3. The molecule has 1 rings (SSSR count). The van der Waals surface area contributed by atoms with Crippen LogP contribution in [0.5, 0.6) is 0 Å². The van der Waals surface area contributed by atoms with Gasteiger partial charge in [-0.2, -0.15) is 0 Å². The topological polar surface area (TPSA) is 29.5 Å². The highest BCUT2D eigenvalue weighted by atomic mass is 16.5. The van der Waals surface area contributed by atoms with Crippen LogP contribution in [-0.2, 0) is 9.53 Å². The number of ether oxygens (including phenoxy) is 1. The Morgan fingerprint density at radius 2 is 2.55 bits per heavy atom. The summed E-state index contributed by atoms with van der Waals surface area (Å²) in [6.45, 7) is 2.26. The van der Waals surface area contributed by atoms with Crippen molar-refractivity contribution in [3.8, 4) is 11.8 Å². The largest absolute Gasteiger partial charge is 0.377 e. The second kappa shape index (κ2) is 4.12. The maximum atomic E-state index is 9.92. The van der Waals surface area contributed by atoms with E-state index in [0.29, 0.717) is 12.9 Å². The van der Waals surface area contributed by atoms with Crippen LogP contribution in [0, 0.1) is 11.8 Å². The van der Waals surface area contributed by atoms with E-state index in [1.165, 1.54) is 0 Å². The van der Waals surface area contributed by atoms with E-state index in [9.17, 15) is 4.79 Å². The minimum atomic E-state index is 0.0916. The Bertz CT molecular complexity index is 192. The fraction of sp³-hybridized carbons (Fsp3) is 0.625. The highest BCUT2D eigenvalue weighted by Gasteiger charge is 2.16. The van der Waals surface area contributed by atoms with Crippen molar-refractivity contribution in [3.05, 3.63) is 0 Å². The van der Waals surface area contributed by atoms with E-state index >= 15 is 0 Å². The molecule has 1 fully saturated rings. The van der Waals surface area contributed by atoms with E-state index in [1.54, 1.807) is 0 Å². The van der Waals surface area contributed by atoms with E-state index in [2.05, 4.69) is 16.7 Å². The second-order valence-electron chi connectivity index (χ2n) is 2.48. The summed E-state index contributed by atoms with van der Waals surface area (Å²) in [5.74, 6) is 5.20. The molecular formula is C8H11NO2. The van der Waals surface area contributed by atoms with Crippen molar-refractivity contribution >= 4 is 6.29 Å². The van der Waals surface area contributed by atoms with E-state index in [0.717, 1.165) is 13.2 Å². The van der Waals surface area contributed by atoms with Gasteiger partial charge in [-0.3, -0.25) is 9.69 Å². The van der Waals surface area contributed by atoms with Crippen molar-refractivity contribution in [3.63, 3.8) is 0 Å². The normalized spacial score (nSPS) is 25.4. The van der Waals surface area contributed by atoms with Crippen molar-refractivity contribution in [1.29, 1.82) is 0 Å². The number of hydrogen-bond donors (Lipinski definition) is 0. The molecule has 0 spiro atoms. The Labute approximate surface area is 66.3 Å². The lowest BCUT2D eigenvalue weighted by Gasteiger charge is -2.28. The molecule has 3 nitrogen and oxygen atoms in total. The number of carbonyl (C=O) groups excluding carboxylic acids is 1. The zero-order valence-electron chi connectivity index (χ0n) is 6.54. The lowest BCUT2D eigenvalue weighted by molar-refractivity contribution is -0.103. The molecule has 60 valence electrons. The zero-order valence-corrected chi connectivity index (χ0v) is 6.54. The van der Waals surface area contributed by atoms with Gasteiger partial charge in [-0.05, 0) is 13.0 Å². The number of rotatable bonds is 0. The van der Waals surface area contributed by atoms with Crippen LogP contribution < -0.4 is 0 Å². The molecule has 1 unspecified atom stereocenters. The molecule has 0 aromatic heterocycles. The molecule has 0 N–H and O–H groups in total. The molecule has 0 aromatic carbocycles. The average Bonchev–Trinajstić information content (AvgIpc) is 2.03. The number of nitrogens with zero attached hydrogens (tertiary/aromatic N) is 1. The maximum absolute atomic E-state index is 9.92. The van der Waals surface area contributed by atoms with Crippen LogP contribution in [-0.4, -0.2) is 44.0 Å². The summed E-state index contributed by atoms with van der Waals surface area (Å²) in [6, 6.07) is 0.0916. The Balaban J connectivity index is 2.47. The van der Waals surface area contributed by atoms with Crippen molar-refractivity contribution in [2.45, 2.75) is 6.04 Å². The predicted octanol–water partition coefficient (Wildman–Crippen LogP) is -0.481. The van der Waals surface area contributed by atoms with Crippen LogP contribution >= 0.6 is 0 Å². The van der Waals surface area contributed by atoms with Gasteiger partial charge in [-0.1, -0.05) is 5.92 Å². The quantitative estimate of drug-likeness (QED) is 0.348. The molecule has 0 aromatic rings. The number of aldehydes is 1. The Morgan fingerprint density at radius 3 is 3.18 bits per heavy atom. The first kappa shape index (κ1) is 8.25. The van der Waals surface area contributed by atoms with E-state index < -0.39 is 0 Å². The van der Waals surface area contributed by atoms with Crippen LogP contribution in [0.15, 0.2) is 0 Å². The third kappa shape index (κ3) is 2.34. The molecule has 0 saturated carbocycles. The molecule has 0 amide bonds. The van der Waals surface area contributed by atoms with Gasteiger partial charge in [0.25, 0.3) is 0 Å². The Kier molecular flexibility index (Phi) is 3.09. The fourth-order valence-electron chi connectivity index (χ4n) is 0.969. The fourth-order valence-corrected chi connectivity index (χ4v) is 0.969. The number of hydrogen-bond acceptors (Lipinski definition) is 3. The molecular weight excluding hydrogens is 142 g/mol. The minimum absolute atomic E-state index is 0.0916. The third-order valence-corrected chi connectivity index (χ3v) is 1.70. The van der Waals surface area contributed by atoms with Crippen LogP contribution in [0.25, 0.3) is 0 Å². The van der Waals surface area contributed by atoms with Gasteiger partial charge in [0.15, 0.2) is 6.29 Å². The summed E-state index contributed by atoms with van der Waals surface area (Å²) < 4.78 is 5.19. The van der Waals surface area contributed by atoms with Crippen molar-refractivity contribution in [1.82, 2.24) is 4.90 Å². The summed E-state index contributed by atoms with van der Waals surface area (Å²) in [4.78, 5) is 12.0. The summed E-state index contributed by atoms with van der Waals surface area (Å²) >= 11 is 0. The van der Waals surface area contributed by atoms with E-state index in [4.69, 9.17) is 4.74 Å². The van der Waals surface area contributed by atoms with Crippen LogP contribution in [0.3, 0.4) is 0 Å². The van der Waals surface area contributed by atoms with Gasteiger partial charge in [0.1, 0.15) is 0 Å². The number of carbonyl (C=O) groups is 1. The monoisotopic (exact) mass is 153 g/mol. The minimum Gasteiger partial charge on any atom is -0.377 e. The summed E-state index contributed by atoms with van der Waals surface area (Å²) in [6.07, 6.45) is 0.614. The Hall–Kier alpha value is -0.850. The summed E-state index contributed by atoms with van der Waals surface area (Å²) in [7, 11) is 1.98. The van der Waals surface area contributed by atoms with Gasteiger partial charge < -0.3 is 4.74 Å². The van der Waals surface area contributed by atoms with Gasteiger partial charge in [-0.15, -0.1) is 0 Å². The van der Waals surface area contributed by atoms with Crippen molar-refractivity contribution in [2.75, 3.05) is 26.8 Å². The highest BCUT2D eigenvalue weighted by molar-refractivity contribution is 5.72. The van der Waals surface area contributed by atoms with Gasteiger partial charge in [0, 0.05) is 6.54 Å². The van der Waals surface area contributed by atoms with Gasteiger partial charge in [-0.25, -0.2) is 0 Å². The first-order chi connectivity index (χ1) is 5.34. The highest BCUT2D eigenvalue weighted by Crippen LogP contribution is 2.01. The molecule has 0 aliphatic carbocycles. The number of morpholine rings is 1. The molecule has 0 bridgehead atoms. The van der Waals surface area contributed by atoms with E-state index in [-0.39, 0.29) is 6.04 Å². The molecule has 3 heteroatoms. The average molecular weight is 153 g/mol. The van der Waals surface area contributed by atoms with Gasteiger partial charge in [0.2, 0.25) is 0 Å². The molecule has 11 heavy (non-hydrogen) atoms. The summed E-state index contributed by atoms with van der Waals surface area (Å²) in [5.41, 5.74) is 0. The van der Waals surface area contributed by atoms with Crippen LogP contribution in [0.4, 0.5) is 0 Å².